The Bertz CT molecular complexity index is 483. The Labute approximate surface area is 136 Å². The highest BCUT2D eigenvalue weighted by Gasteiger charge is 2.49. The maximum atomic E-state index is 12.5. The van der Waals surface area contributed by atoms with Crippen molar-refractivity contribution in [3.8, 4) is 0 Å². The number of likely N-dealkylation sites (tertiary alicyclic amines) is 2. The van der Waals surface area contributed by atoms with Crippen LogP contribution in [0.25, 0.3) is 0 Å². The molecule has 1 unspecified atom stereocenters. The van der Waals surface area contributed by atoms with Gasteiger partial charge in [0.05, 0.1) is 6.04 Å². The van der Waals surface area contributed by atoms with E-state index in [-0.39, 0.29) is 23.3 Å². The summed E-state index contributed by atoms with van der Waals surface area (Å²) in [5.41, 5.74) is -0.144. The van der Waals surface area contributed by atoms with Gasteiger partial charge in [0.25, 0.3) is 0 Å². The Hall–Kier alpha value is -1.63. The van der Waals surface area contributed by atoms with Crippen LogP contribution in [0, 0.1) is 5.41 Å². The summed E-state index contributed by atoms with van der Waals surface area (Å²) in [5, 5.41) is 12.6. The molecular formula is C16H25N3O4. The van der Waals surface area contributed by atoms with Gasteiger partial charge in [0.1, 0.15) is 6.04 Å². The molecule has 3 fully saturated rings. The van der Waals surface area contributed by atoms with Crippen LogP contribution in [0.5, 0.6) is 0 Å². The molecule has 0 aromatic heterocycles. The first-order valence-corrected chi connectivity index (χ1v) is 8.44. The number of amides is 2. The fourth-order valence-electron chi connectivity index (χ4n) is 4.29. The molecule has 128 valence electrons. The second kappa shape index (κ2) is 6.11. The van der Waals surface area contributed by atoms with Gasteiger partial charge in [-0.15, -0.1) is 0 Å². The lowest BCUT2D eigenvalue weighted by Crippen LogP contribution is -2.49. The van der Waals surface area contributed by atoms with Gasteiger partial charge in [-0.3, -0.25) is 9.59 Å². The fraction of sp³-hybridized carbons (Fsp3) is 0.812. The summed E-state index contributed by atoms with van der Waals surface area (Å²) >= 11 is 0. The van der Waals surface area contributed by atoms with Crippen molar-refractivity contribution < 1.29 is 19.5 Å². The van der Waals surface area contributed by atoms with Crippen LogP contribution in [0.1, 0.15) is 39.0 Å². The molecule has 0 radical (unpaired) electrons. The molecule has 0 bridgehead atoms. The molecule has 3 aliphatic rings. The minimum Gasteiger partial charge on any atom is -0.480 e. The molecular weight excluding hydrogens is 298 g/mol. The maximum Gasteiger partial charge on any atom is 0.326 e. The fourth-order valence-corrected chi connectivity index (χ4v) is 4.29. The van der Waals surface area contributed by atoms with Crippen LogP contribution in [0.3, 0.4) is 0 Å². The van der Waals surface area contributed by atoms with Gasteiger partial charge in [-0.25, -0.2) is 4.79 Å². The van der Waals surface area contributed by atoms with Crippen LogP contribution in [-0.4, -0.2) is 71.0 Å². The number of hydrogen-bond donors (Lipinski definition) is 2. The average Bonchev–Trinajstić information content (AvgIpc) is 3.15. The van der Waals surface area contributed by atoms with Crippen LogP contribution in [-0.2, 0) is 14.4 Å². The number of aliphatic carboxylic acids is 1. The summed E-state index contributed by atoms with van der Waals surface area (Å²) in [6, 6.07) is -0.764. The summed E-state index contributed by atoms with van der Waals surface area (Å²) in [6.07, 6.45) is 4.01. The molecule has 3 heterocycles. The second-order valence-electron chi connectivity index (χ2n) is 7.18. The van der Waals surface area contributed by atoms with Crippen LogP contribution in [0.2, 0.25) is 0 Å². The predicted octanol–water partition coefficient (Wildman–Crippen LogP) is 0.0526. The third-order valence-electron chi connectivity index (χ3n) is 5.69. The normalized spacial score (nSPS) is 30.0. The molecule has 7 nitrogen and oxygen atoms in total. The van der Waals surface area contributed by atoms with E-state index in [9.17, 15) is 19.5 Å². The highest BCUT2D eigenvalue weighted by Crippen LogP contribution is 2.43. The van der Waals surface area contributed by atoms with Gasteiger partial charge in [0, 0.05) is 26.6 Å². The minimum absolute atomic E-state index is 0.0480. The zero-order valence-electron chi connectivity index (χ0n) is 13.6. The lowest BCUT2D eigenvalue weighted by Gasteiger charge is -2.40. The number of carboxylic acids is 1. The number of rotatable bonds is 2. The van der Waals surface area contributed by atoms with E-state index in [1.54, 1.807) is 0 Å². The van der Waals surface area contributed by atoms with Crippen molar-refractivity contribution >= 4 is 17.8 Å². The van der Waals surface area contributed by atoms with Crippen molar-refractivity contribution in [1.82, 2.24) is 15.1 Å². The first-order valence-electron chi connectivity index (χ1n) is 8.44. The van der Waals surface area contributed by atoms with Gasteiger partial charge in [-0.1, -0.05) is 0 Å². The van der Waals surface area contributed by atoms with E-state index in [1.807, 2.05) is 4.90 Å². The molecule has 2 N–H and O–H groups in total. The van der Waals surface area contributed by atoms with Gasteiger partial charge in [0.15, 0.2) is 0 Å². The van der Waals surface area contributed by atoms with Gasteiger partial charge >= 0.3 is 5.97 Å². The molecule has 1 spiro atoms. The Balaban J connectivity index is 1.62. The van der Waals surface area contributed by atoms with E-state index in [1.165, 1.54) is 11.8 Å². The van der Waals surface area contributed by atoms with Crippen molar-refractivity contribution in [3.05, 3.63) is 0 Å². The molecule has 2 amide bonds. The van der Waals surface area contributed by atoms with Crippen molar-refractivity contribution in [2.24, 2.45) is 5.41 Å². The number of hydrogen-bond acceptors (Lipinski definition) is 4. The molecule has 0 aromatic rings. The van der Waals surface area contributed by atoms with Crippen molar-refractivity contribution in [3.63, 3.8) is 0 Å². The molecule has 0 aliphatic carbocycles. The van der Waals surface area contributed by atoms with E-state index >= 15 is 0 Å². The third kappa shape index (κ3) is 3.06. The topological polar surface area (TPSA) is 90.0 Å². The molecule has 3 rings (SSSR count). The summed E-state index contributed by atoms with van der Waals surface area (Å²) < 4.78 is 0. The van der Waals surface area contributed by atoms with E-state index in [2.05, 4.69) is 5.32 Å². The van der Waals surface area contributed by atoms with Crippen LogP contribution in [0.15, 0.2) is 0 Å². The number of nitrogens with one attached hydrogen (secondary N) is 1. The van der Waals surface area contributed by atoms with E-state index < -0.39 is 12.0 Å². The molecule has 0 saturated carbocycles. The zero-order valence-corrected chi connectivity index (χ0v) is 13.6. The number of piperidine rings is 1. The third-order valence-corrected chi connectivity index (χ3v) is 5.69. The number of carboxylic acid groups (broad SMARTS) is 1. The molecule has 2 atom stereocenters. The minimum atomic E-state index is -0.925. The summed E-state index contributed by atoms with van der Waals surface area (Å²) in [5.74, 6) is -0.928. The first kappa shape index (κ1) is 16.2. The first-order chi connectivity index (χ1) is 10.9. The Morgan fingerprint density at radius 3 is 2.39 bits per heavy atom. The molecule has 0 aromatic carbocycles. The largest absolute Gasteiger partial charge is 0.480 e. The Kier molecular flexibility index (Phi) is 4.31. The molecule has 23 heavy (non-hydrogen) atoms. The summed E-state index contributed by atoms with van der Waals surface area (Å²) in [6.45, 7) is 4.16. The molecule has 3 aliphatic heterocycles. The highest BCUT2D eigenvalue weighted by molar-refractivity contribution is 5.83. The lowest BCUT2D eigenvalue weighted by molar-refractivity contribution is -0.147. The second-order valence-corrected chi connectivity index (χ2v) is 7.18. The van der Waals surface area contributed by atoms with Gasteiger partial charge in [-0.05, 0) is 44.1 Å². The van der Waals surface area contributed by atoms with Gasteiger partial charge < -0.3 is 20.2 Å². The highest BCUT2D eigenvalue weighted by atomic mass is 16.4. The average molecular weight is 323 g/mol. The number of carbonyl (C=O) groups excluding carboxylic acids is 2. The quantitative estimate of drug-likeness (QED) is 0.749. The van der Waals surface area contributed by atoms with E-state index in [0.29, 0.717) is 26.1 Å². The van der Waals surface area contributed by atoms with E-state index in [4.69, 9.17) is 0 Å². The molecule has 3 saturated heterocycles. The van der Waals surface area contributed by atoms with Crippen molar-refractivity contribution in [2.45, 2.75) is 51.1 Å². The Morgan fingerprint density at radius 2 is 1.91 bits per heavy atom. The standard InChI is InChI=1S/C16H25N3O4/c1-11(20)19-10-16(9-13(19)15(22)23)4-7-18(8-5-16)14(21)12-3-2-6-17-12/h12-13,17H,2-10H2,1H3,(H,22,23)/t12-,13?/m1/s1. The lowest BCUT2D eigenvalue weighted by atomic mass is 9.76. The van der Waals surface area contributed by atoms with E-state index in [0.717, 1.165) is 32.2 Å². The predicted molar refractivity (Wildman–Crippen MR) is 82.7 cm³/mol. The van der Waals surface area contributed by atoms with Gasteiger partial charge in [0.2, 0.25) is 11.8 Å². The van der Waals surface area contributed by atoms with Crippen LogP contribution in [0.4, 0.5) is 0 Å². The van der Waals surface area contributed by atoms with Crippen molar-refractivity contribution in [1.29, 1.82) is 0 Å². The number of carbonyl (C=O) groups is 3. The van der Waals surface area contributed by atoms with Gasteiger partial charge in [-0.2, -0.15) is 0 Å². The zero-order chi connectivity index (χ0) is 16.6. The smallest absolute Gasteiger partial charge is 0.326 e. The summed E-state index contributed by atoms with van der Waals surface area (Å²) in [7, 11) is 0. The van der Waals surface area contributed by atoms with Crippen LogP contribution >= 0.6 is 0 Å². The molecule has 7 heteroatoms. The van der Waals surface area contributed by atoms with Crippen LogP contribution < -0.4 is 5.32 Å². The maximum absolute atomic E-state index is 12.5. The SMILES string of the molecule is CC(=O)N1CC2(CCN(C(=O)[C@H]3CCCN3)CC2)CC1C(=O)O. The van der Waals surface area contributed by atoms with Crippen molar-refractivity contribution in [2.75, 3.05) is 26.2 Å². The number of nitrogens with zero attached hydrogens (tertiary/aromatic N) is 2. The Morgan fingerprint density at radius 1 is 1.22 bits per heavy atom. The monoisotopic (exact) mass is 323 g/mol. The summed E-state index contributed by atoms with van der Waals surface area (Å²) in [4.78, 5) is 39.0.